The van der Waals surface area contributed by atoms with E-state index in [2.05, 4.69) is 22.3 Å². The van der Waals surface area contributed by atoms with Gasteiger partial charge in [0.2, 0.25) is 5.91 Å². The highest BCUT2D eigenvalue weighted by molar-refractivity contribution is 5.92. The molecule has 1 N–H and O–H groups in total. The fraction of sp³-hybridized carbons (Fsp3) is 0.667. The SMILES string of the molecule is COC1CCN(CC(=O)Nc2ccc3c(c2)CCCC3)CC12CCCO2. The molecule has 2 saturated heterocycles. The van der Waals surface area contributed by atoms with Crippen molar-refractivity contribution >= 4 is 11.6 Å². The first kappa shape index (κ1) is 18.0. The van der Waals surface area contributed by atoms with E-state index in [0.717, 1.165) is 51.1 Å². The van der Waals surface area contributed by atoms with E-state index >= 15 is 0 Å². The second-order valence-corrected chi connectivity index (χ2v) is 7.98. The lowest BCUT2D eigenvalue weighted by Gasteiger charge is -2.44. The third-order valence-electron chi connectivity index (χ3n) is 6.20. The van der Waals surface area contributed by atoms with Crippen molar-refractivity contribution in [2.24, 2.45) is 0 Å². The molecule has 2 aliphatic heterocycles. The fourth-order valence-corrected chi connectivity index (χ4v) is 4.90. The van der Waals surface area contributed by atoms with E-state index in [1.54, 1.807) is 7.11 Å². The maximum absolute atomic E-state index is 12.6. The fourth-order valence-electron chi connectivity index (χ4n) is 4.90. The van der Waals surface area contributed by atoms with Gasteiger partial charge in [-0.3, -0.25) is 9.69 Å². The van der Waals surface area contributed by atoms with Crippen LogP contribution in [0, 0.1) is 0 Å². The zero-order valence-electron chi connectivity index (χ0n) is 15.8. The van der Waals surface area contributed by atoms with Crippen LogP contribution in [0.1, 0.15) is 43.2 Å². The molecule has 2 atom stereocenters. The van der Waals surface area contributed by atoms with Crippen LogP contribution in [-0.4, -0.2) is 55.9 Å². The number of methoxy groups -OCH3 is 1. The maximum Gasteiger partial charge on any atom is 0.238 e. The van der Waals surface area contributed by atoms with Gasteiger partial charge in [0.1, 0.15) is 5.60 Å². The van der Waals surface area contributed by atoms with Gasteiger partial charge in [0, 0.05) is 32.5 Å². The molecule has 1 spiro atoms. The van der Waals surface area contributed by atoms with Crippen LogP contribution in [-0.2, 0) is 27.1 Å². The highest BCUT2D eigenvalue weighted by atomic mass is 16.5. The Labute approximate surface area is 156 Å². The Morgan fingerprint density at radius 3 is 2.92 bits per heavy atom. The minimum atomic E-state index is -0.223. The molecule has 2 fully saturated rings. The van der Waals surface area contributed by atoms with Gasteiger partial charge in [0.15, 0.2) is 0 Å². The van der Waals surface area contributed by atoms with Gasteiger partial charge >= 0.3 is 0 Å². The Balaban J connectivity index is 1.36. The number of hydrogen-bond acceptors (Lipinski definition) is 4. The molecule has 0 bridgehead atoms. The average Bonchev–Trinajstić information content (AvgIpc) is 3.10. The molecule has 142 valence electrons. The summed E-state index contributed by atoms with van der Waals surface area (Å²) < 4.78 is 11.8. The Hall–Kier alpha value is -1.43. The normalized spacial score (nSPS) is 28.9. The second kappa shape index (κ2) is 7.67. The first-order chi connectivity index (χ1) is 12.7. The van der Waals surface area contributed by atoms with E-state index < -0.39 is 0 Å². The van der Waals surface area contributed by atoms with Gasteiger partial charge in [0.05, 0.1) is 12.6 Å². The van der Waals surface area contributed by atoms with Crippen LogP contribution in [0.4, 0.5) is 5.69 Å². The summed E-state index contributed by atoms with van der Waals surface area (Å²) in [5, 5.41) is 3.09. The standard InChI is InChI=1S/C21H30N2O3/c1-25-19-9-11-23(15-21(19)10-4-12-26-21)14-20(24)22-18-8-7-16-5-2-3-6-17(16)13-18/h7-8,13,19H,2-6,9-12,14-15H2,1H3,(H,22,24). The molecule has 0 radical (unpaired) electrons. The number of carbonyl (C=O) groups is 1. The topological polar surface area (TPSA) is 50.8 Å². The van der Waals surface area contributed by atoms with Crippen LogP contribution in [0.3, 0.4) is 0 Å². The van der Waals surface area contributed by atoms with Crippen molar-refractivity contribution in [2.45, 2.75) is 56.7 Å². The Morgan fingerprint density at radius 1 is 1.31 bits per heavy atom. The Morgan fingerprint density at radius 2 is 2.15 bits per heavy atom. The zero-order valence-corrected chi connectivity index (χ0v) is 15.8. The largest absolute Gasteiger partial charge is 0.378 e. The van der Waals surface area contributed by atoms with Crippen LogP contribution in [0.15, 0.2) is 18.2 Å². The summed E-state index contributed by atoms with van der Waals surface area (Å²) in [6.45, 7) is 2.87. The Bertz CT molecular complexity index is 655. The van der Waals surface area contributed by atoms with E-state index in [1.807, 2.05) is 6.07 Å². The predicted octanol–water partition coefficient (Wildman–Crippen LogP) is 2.77. The third-order valence-corrected chi connectivity index (χ3v) is 6.20. The molecule has 2 unspecified atom stereocenters. The monoisotopic (exact) mass is 358 g/mol. The van der Waals surface area contributed by atoms with Crippen LogP contribution >= 0.6 is 0 Å². The lowest BCUT2D eigenvalue weighted by atomic mass is 9.87. The van der Waals surface area contributed by atoms with E-state index in [0.29, 0.717) is 6.54 Å². The second-order valence-electron chi connectivity index (χ2n) is 7.98. The van der Waals surface area contributed by atoms with Gasteiger partial charge in [-0.1, -0.05) is 6.07 Å². The number of carbonyl (C=O) groups excluding carboxylic acids is 1. The summed E-state index contributed by atoms with van der Waals surface area (Å²) in [6.07, 6.45) is 7.99. The zero-order chi connectivity index (χ0) is 18.0. The molecule has 1 aromatic carbocycles. The van der Waals surface area contributed by atoms with Crippen LogP contribution < -0.4 is 5.32 Å². The predicted molar refractivity (Wildman–Crippen MR) is 101 cm³/mol. The molecule has 2 heterocycles. The van der Waals surface area contributed by atoms with E-state index in [1.165, 1.54) is 30.4 Å². The number of ether oxygens (including phenoxy) is 2. The molecule has 0 aromatic heterocycles. The number of aryl methyl sites for hydroxylation is 2. The first-order valence-electron chi connectivity index (χ1n) is 9.99. The minimum absolute atomic E-state index is 0.0600. The molecule has 1 amide bonds. The van der Waals surface area contributed by atoms with E-state index in [4.69, 9.17) is 9.47 Å². The molecule has 4 rings (SSSR count). The van der Waals surface area contributed by atoms with Gasteiger partial charge in [-0.05, 0) is 68.2 Å². The molecule has 1 aliphatic carbocycles. The number of anilines is 1. The number of amides is 1. The average molecular weight is 358 g/mol. The number of nitrogens with zero attached hydrogens (tertiary/aromatic N) is 1. The maximum atomic E-state index is 12.6. The molecule has 5 heteroatoms. The van der Waals surface area contributed by atoms with Crippen molar-refractivity contribution in [1.29, 1.82) is 0 Å². The van der Waals surface area contributed by atoms with Gasteiger partial charge in [-0.25, -0.2) is 0 Å². The van der Waals surface area contributed by atoms with E-state index in [-0.39, 0.29) is 17.6 Å². The third kappa shape index (κ3) is 3.66. The number of hydrogen-bond donors (Lipinski definition) is 1. The van der Waals surface area contributed by atoms with Gasteiger partial charge in [0.25, 0.3) is 0 Å². The molecule has 5 nitrogen and oxygen atoms in total. The molecular weight excluding hydrogens is 328 g/mol. The summed E-state index contributed by atoms with van der Waals surface area (Å²) in [5.41, 5.74) is 3.54. The van der Waals surface area contributed by atoms with Crippen molar-refractivity contribution in [3.63, 3.8) is 0 Å². The van der Waals surface area contributed by atoms with Gasteiger partial charge in [-0.2, -0.15) is 0 Å². The highest BCUT2D eigenvalue weighted by Gasteiger charge is 2.47. The van der Waals surface area contributed by atoms with Crippen LogP contribution in [0.2, 0.25) is 0 Å². The minimum Gasteiger partial charge on any atom is -0.378 e. The smallest absolute Gasteiger partial charge is 0.238 e. The number of likely N-dealkylation sites (tertiary alicyclic amines) is 1. The summed E-state index contributed by atoms with van der Waals surface area (Å²) in [4.78, 5) is 14.8. The van der Waals surface area contributed by atoms with Crippen molar-refractivity contribution in [3.05, 3.63) is 29.3 Å². The highest BCUT2D eigenvalue weighted by Crippen LogP contribution is 2.36. The molecule has 3 aliphatic rings. The summed E-state index contributed by atoms with van der Waals surface area (Å²) in [6, 6.07) is 6.38. The van der Waals surface area contributed by atoms with Crippen molar-refractivity contribution in [2.75, 3.05) is 38.7 Å². The molecule has 1 aromatic rings. The van der Waals surface area contributed by atoms with Crippen molar-refractivity contribution in [1.82, 2.24) is 4.90 Å². The summed E-state index contributed by atoms with van der Waals surface area (Å²) in [5.74, 6) is 0.0600. The molecule has 0 saturated carbocycles. The number of rotatable bonds is 4. The lowest BCUT2D eigenvalue weighted by Crippen LogP contribution is -2.58. The number of nitrogens with one attached hydrogen (secondary N) is 1. The van der Waals surface area contributed by atoms with Gasteiger partial charge < -0.3 is 14.8 Å². The van der Waals surface area contributed by atoms with Gasteiger partial charge in [-0.15, -0.1) is 0 Å². The van der Waals surface area contributed by atoms with E-state index in [9.17, 15) is 4.79 Å². The number of benzene rings is 1. The number of fused-ring (bicyclic) bond motifs is 1. The van der Waals surface area contributed by atoms with Crippen LogP contribution in [0.25, 0.3) is 0 Å². The quantitative estimate of drug-likeness (QED) is 0.899. The Kier molecular flexibility index (Phi) is 5.30. The molecular formula is C21H30N2O3. The first-order valence-corrected chi connectivity index (χ1v) is 9.99. The summed E-state index contributed by atoms with van der Waals surface area (Å²) >= 11 is 0. The summed E-state index contributed by atoms with van der Waals surface area (Å²) in [7, 11) is 1.77. The van der Waals surface area contributed by atoms with Crippen LogP contribution in [0.5, 0.6) is 0 Å². The number of piperidine rings is 1. The van der Waals surface area contributed by atoms with Crippen molar-refractivity contribution in [3.8, 4) is 0 Å². The molecule has 26 heavy (non-hydrogen) atoms. The lowest BCUT2D eigenvalue weighted by molar-refractivity contribution is -0.146. The van der Waals surface area contributed by atoms with Crippen molar-refractivity contribution < 1.29 is 14.3 Å².